The van der Waals surface area contributed by atoms with Crippen molar-refractivity contribution in [3.05, 3.63) is 78.1 Å². The fourth-order valence-corrected chi connectivity index (χ4v) is 3.13. The van der Waals surface area contributed by atoms with E-state index in [2.05, 4.69) is 30.3 Å². The van der Waals surface area contributed by atoms with Gasteiger partial charge in [-0.1, -0.05) is 48.5 Å². The largest absolute Gasteiger partial charge is 0.508 e. The number of phenolic OH excluding ortho intramolecular Hbond substituents is 1. The molecule has 114 valence electrons. The third-order valence-electron chi connectivity index (χ3n) is 4.34. The van der Waals surface area contributed by atoms with Gasteiger partial charge >= 0.3 is 0 Å². The normalized spacial score (nSPS) is 21.1. The highest BCUT2D eigenvalue weighted by molar-refractivity contribution is 5.34. The van der Waals surface area contributed by atoms with Crippen LogP contribution in [0.25, 0.3) is 0 Å². The van der Waals surface area contributed by atoms with E-state index in [0.29, 0.717) is 11.7 Å². The second-order valence-electron chi connectivity index (χ2n) is 5.85. The Bertz CT molecular complexity index is 619. The second-order valence-corrected chi connectivity index (χ2v) is 5.85. The van der Waals surface area contributed by atoms with E-state index in [4.69, 9.17) is 4.74 Å². The molecule has 3 rings (SSSR count). The molecule has 2 aromatic rings. The average molecular weight is 294 g/mol. The first kappa shape index (κ1) is 14.7. The Morgan fingerprint density at radius 1 is 1.00 bits per heavy atom. The zero-order chi connectivity index (χ0) is 15.2. The number of rotatable bonds is 4. The van der Waals surface area contributed by atoms with Gasteiger partial charge in [-0.25, -0.2) is 0 Å². The topological polar surface area (TPSA) is 29.5 Å². The highest BCUT2D eigenvalue weighted by atomic mass is 16.5. The van der Waals surface area contributed by atoms with Gasteiger partial charge in [0.15, 0.2) is 0 Å². The molecule has 0 aliphatic carbocycles. The minimum Gasteiger partial charge on any atom is -0.508 e. The molecule has 0 bridgehead atoms. The van der Waals surface area contributed by atoms with E-state index in [1.807, 2.05) is 24.3 Å². The van der Waals surface area contributed by atoms with Crippen molar-refractivity contribution in [2.75, 3.05) is 0 Å². The molecule has 1 aliphatic rings. The Morgan fingerprint density at radius 2 is 1.77 bits per heavy atom. The van der Waals surface area contributed by atoms with E-state index >= 15 is 0 Å². The lowest BCUT2D eigenvalue weighted by molar-refractivity contribution is 0.0819. The molecule has 1 heterocycles. The van der Waals surface area contributed by atoms with Crippen LogP contribution in [0.4, 0.5) is 0 Å². The highest BCUT2D eigenvalue weighted by Crippen LogP contribution is 2.38. The molecule has 2 heteroatoms. The van der Waals surface area contributed by atoms with Crippen LogP contribution >= 0.6 is 0 Å². The molecule has 1 aliphatic heterocycles. The Kier molecular flexibility index (Phi) is 4.79. The van der Waals surface area contributed by atoms with Gasteiger partial charge in [0.25, 0.3) is 0 Å². The first-order valence-electron chi connectivity index (χ1n) is 7.97. The quantitative estimate of drug-likeness (QED) is 0.859. The van der Waals surface area contributed by atoms with Crippen molar-refractivity contribution in [3.8, 4) is 5.75 Å². The van der Waals surface area contributed by atoms with Crippen molar-refractivity contribution in [2.24, 2.45) is 5.92 Å². The van der Waals surface area contributed by atoms with Gasteiger partial charge in [-0.3, -0.25) is 0 Å². The number of aryl methyl sites for hydroxylation is 1. The number of hydrogen-bond donors (Lipinski definition) is 1. The van der Waals surface area contributed by atoms with E-state index in [1.54, 1.807) is 12.3 Å². The van der Waals surface area contributed by atoms with E-state index in [9.17, 15) is 5.11 Å². The maximum atomic E-state index is 10.2. The molecule has 0 radical (unpaired) electrons. The zero-order valence-corrected chi connectivity index (χ0v) is 12.7. The van der Waals surface area contributed by atoms with Crippen molar-refractivity contribution in [3.63, 3.8) is 0 Å². The summed E-state index contributed by atoms with van der Waals surface area (Å²) in [5.74, 6) is 0.732. The molecule has 0 saturated heterocycles. The molecule has 2 aromatic carbocycles. The molecule has 1 N–H and O–H groups in total. The molecule has 0 saturated carbocycles. The molecule has 22 heavy (non-hydrogen) atoms. The fourth-order valence-electron chi connectivity index (χ4n) is 3.13. The molecule has 0 spiro atoms. The molecule has 2 nitrogen and oxygen atoms in total. The lowest BCUT2D eigenvalue weighted by Gasteiger charge is -2.26. The molecule has 0 fully saturated rings. The number of benzene rings is 2. The molecule has 2 unspecified atom stereocenters. The van der Waals surface area contributed by atoms with Crippen LogP contribution in [0.5, 0.6) is 5.75 Å². The van der Waals surface area contributed by atoms with Crippen LogP contribution in [-0.2, 0) is 11.2 Å². The van der Waals surface area contributed by atoms with Gasteiger partial charge in [0.05, 0.1) is 6.26 Å². The monoisotopic (exact) mass is 294 g/mol. The Labute approximate surface area is 132 Å². The van der Waals surface area contributed by atoms with E-state index < -0.39 is 0 Å². The average Bonchev–Trinajstić information content (AvgIpc) is 2.80. The van der Waals surface area contributed by atoms with Crippen LogP contribution < -0.4 is 0 Å². The molecular formula is C20H22O2. The first-order valence-corrected chi connectivity index (χ1v) is 7.97. The summed E-state index contributed by atoms with van der Waals surface area (Å²) in [6.45, 7) is 0. The van der Waals surface area contributed by atoms with Crippen molar-refractivity contribution >= 4 is 0 Å². The van der Waals surface area contributed by atoms with Crippen LogP contribution in [0, 0.1) is 5.92 Å². The summed E-state index contributed by atoms with van der Waals surface area (Å²) >= 11 is 0. The van der Waals surface area contributed by atoms with Crippen LogP contribution in [-0.4, -0.2) is 5.11 Å². The number of ether oxygens (including phenoxy) is 1. The summed E-state index contributed by atoms with van der Waals surface area (Å²) in [7, 11) is 0. The van der Waals surface area contributed by atoms with Gasteiger partial charge in [-0.15, -0.1) is 0 Å². The van der Waals surface area contributed by atoms with Crippen LogP contribution in [0.2, 0.25) is 0 Å². The smallest absolute Gasteiger partial charge is 0.129 e. The first-order chi connectivity index (χ1) is 10.8. The fraction of sp³-hybridized carbons (Fsp3) is 0.300. The Morgan fingerprint density at radius 3 is 2.59 bits per heavy atom. The third-order valence-corrected chi connectivity index (χ3v) is 4.34. The lowest BCUT2D eigenvalue weighted by atomic mass is 9.86. The summed E-state index contributed by atoms with van der Waals surface area (Å²) in [4.78, 5) is 0. The maximum Gasteiger partial charge on any atom is 0.129 e. The van der Waals surface area contributed by atoms with Crippen LogP contribution in [0.3, 0.4) is 0 Å². The van der Waals surface area contributed by atoms with E-state index in [0.717, 1.165) is 31.2 Å². The highest BCUT2D eigenvalue weighted by Gasteiger charge is 2.27. The van der Waals surface area contributed by atoms with Gasteiger partial charge in [-0.05, 0) is 43.4 Å². The van der Waals surface area contributed by atoms with Crippen LogP contribution in [0.1, 0.15) is 36.5 Å². The molecule has 0 aromatic heterocycles. The number of aromatic hydroxyl groups is 1. The van der Waals surface area contributed by atoms with Gasteiger partial charge in [-0.2, -0.15) is 0 Å². The molecular weight excluding hydrogens is 272 g/mol. The number of para-hydroxylation sites is 1. The Balaban J connectivity index is 1.76. The predicted octanol–water partition coefficient (Wildman–Crippen LogP) is 5.01. The third kappa shape index (κ3) is 3.51. The standard InChI is InChI=1S/C20H22O2/c21-19-12-5-4-11-18(19)20-17(10-6-7-15-22-20)14-13-16-8-2-1-3-9-16/h1-5,7-9,11-12,15,17,20-21H,6,10,13-14H2. The van der Waals surface area contributed by atoms with E-state index in [1.165, 1.54) is 5.56 Å². The number of allylic oxidation sites excluding steroid dienone is 1. The van der Waals surface area contributed by atoms with Crippen molar-refractivity contribution < 1.29 is 9.84 Å². The minimum atomic E-state index is -0.0661. The van der Waals surface area contributed by atoms with Gasteiger partial charge in [0.1, 0.15) is 11.9 Å². The molecule has 0 amide bonds. The minimum absolute atomic E-state index is 0.0661. The van der Waals surface area contributed by atoms with Gasteiger partial charge in [0, 0.05) is 11.5 Å². The van der Waals surface area contributed by atoms with Crippen molar-refractivity contribution in [1.29, 1.82) is 0 Å². The summed E-state index contributed by atoms with van der Waals surface area (Å²) in [6, 6.07) is 18.1. The summed E-state index contributed by atoms with van der Waals surface area (Å²) in [5.41, 5.74) is 2.25. The lowest BCUT2D eigenvalue weighted by Crippen LogP contribution is -2.15. The Hall–Kier alpha value is -2.22. The second kappa shape index (κ2) is 7.17. The zero-order valence-electron chi connectivity index (χ0n) is 12.7. The van der Waals surface area contributed by atoms with Crippen LogP contribution in [0.15, 0.2) is 66.9 Å². The predicted molar refractivity (Wildman–Crippen MR) is 88.6 cm³/mol. The van der Waals surface area contributed by atoms with Crippen molar-refractivity contribution in [1.82, 2.24) is 0 Å². The number of phenols is 1. The van der Waals surface area contributed by atoms with Gasteiger partial charge < -0.3 is 9.84 Å². The van der Waals surface area contributed by atoms with Crippen molar-refractivity contribution in [2.45, 2.75) is 31.8 Å². The summed E-state index contributed by atoms with van der Waals surface area (Å²) < 4.78 is 5.93. The van der Waals surface area contributed by atoms with E-state index in [-0.39, 0.29) is 6.10 Å². The summed E-state index contributed by atoms with van der Waals surface area (Å²) in [6.07, 6.45) is 8.02. The van der Waals surface area contributed by atoms with Gasteiger partial charge in [0.2, 0.25) is 0 Å². The summed E-state index contributed by atoms with van der Waals surface area (Å²) in [5, 5.41) is 10.2. The number of hydrogen-bond acceptors (Lipinski definition) is 2. The maximum absolute atomic E-state index is 10.2. The SMILES string of the molecule is Oc1ccccc1C1OC=CCCC1CCc1ccccc1. The molecule has 2 atom stereocenters.